The van der Waals surface area contributed by atoms with Gasteiger partial charge >= 0.3 is 5.97 Å². The highest BCUT2D eigenvalue weighted by atomic mass is 19.1. The maximum Gasteiger partial charge on any atom is 0.338 e. The van der Waals surface area contributed by atoms with Gasteiger partial charge in [-0.3, -0.25) is 4.90 Å². The summed E-state index contributed by atoms with van der Waals surface area (Å²) in [5.41, 5.74) is 7.00. The quantitative estimate of drug-likeness (QED) is 0.468. The van der Waals surface area contributed by atoms with Crippen molar-refractivity contribution < 1.29 is 13.9 Å². The van der Waals surface area contributed by atoms with Crippen molar-refractivity contribution >= 4 is 5.97 Å². The second-order valence-corrected chi connectivity index (χ2v) is 8.23. The number of ether oxygens (including phenoxy) is 1. The minimum absolute atomic E-state index is 0.228. The van der Waals surface area contributed by atoms with E-state index in [0.717, 1.165) is 54.9 Å². The molecule has 0 amide bonds. The van der Waals surface area contributed by atoms with Gasteiger partial charge in [0.15, 0.2) is 5.82 Å². The molecule has 2 aliphatic heterocycles. The SMILES string of the molecule is C#Cc1ccc(-c2ncc3c(n2)CCN(CCc2ccc4c(c2C)COC4=O)C3)c(F)c1. The lowest BCUT2D eigenvalue weighted by molar-refractivity contribution is 0.0535. The summed E-state index contributed by atoms with van der Waals surface area (Å²) in [7, 11) is 0. The standard InChI is InChI=1S/C26H22FN3O2/c1-3-17-4-6-21(23(27)12-17)25-28-13-19-14-30(11-9-24(19)29-25)10-8-18-5-7-20-22(16(18)2)15-32-26(20)31/h1,4-7,12-13H,8-11,14-15H2,2H3. The monoisotopic (exact) mass is 427 g/mol. The van der Waals surface area contributed by atoms with Gasteiger partial charge in [-0.2, -0.15) is 0 Å². The Morgan fingerprint density at radius 3 is 2.91 bits per heavy atom. The number of cyclic esters (lactones) is 1. The molecule has 0 spiro atoms. The number of nitrogens with zero attached hydrogens (tertiary/aromatic N) is 3. The van der Waals surface area contributed by atoms with Crippen molar-refractivity contribution in [3.05, 3.63) is 81.4 Å². The van der Waals surface area contributed by atoms with E-state index >= 15 is 0 Å². The molecular formula is C26H22FN3O2. The van der Waals surface area contributed by atoms with E-state index in [2.05, 4.69) is 27.7 Å². The minimum Gasteiger partial charge on any atom is -0.457 e. The van der Waals surface area contributed by atoms with Crippen LogP contribution < -0.4 is 0 Å². The average molecular weight is 427 g/mol. The van der Waals surface area contributed by atoms with E-state index in [1.165, 1.54) is 11.6 Å². The molecule has 0 atom stereocenters. The fourth-order valence-electron chi connectivity index (χ4n) is 4.43. The first-order valence-electron chi connectivity index (χ1n) is 10.7. The first-order valence-corrected chi connectivity index (χ1v) is 10.7. The smallest absolute Gasteiger partial charge is 0.338 e. The van der Waals surface area contributed by atoms with E-state index in [4.69, 9.17) is 11.2 Å². The van der Waals surface area contributed by atoms with Crippen molar-refractivity contribution in [2.45, 2.75) is 32.9 Å². The van der Waals surface area contributed by atoms with Crippen LogP contribution in [0.2, 0.25) is 0 Å². The molecule has 0 saturated carbocycles. The first-order chi connectivity index (χ1) is 15.5. The van der Waals surface area contributed by atoms with Gasteiger partial charge in [0.2, 0.25) is 0 Å². The molecule has 160 valence electrons. The Hall–Kier alpha value is -3.56. The molecule has 6 heteroatoms. The number of rotatable bonds is 4. The van der Waals surface area contributed by atoms with Crippen molar-refractivity contribution in [2.24, 2.45) is 0 Å². The highest BCUT2D eigenvalue weighted by Gasteiger charge is 2.24. The van der Waals surface area contributed by atoms with Gasteiger partial charge in [-0.25, -0.2) is 19.2 Å². The summed E-state index contributed by atoms with van der Waals surface area (Å²) in [6.07, 6.45) is 8.84. The molecule has 32 heavy (non-hydrogen) atoms. The third-order valence-corrected chi connectivity index (χ3v) is 6.37. The zero-order valence-electron chi connectivity index (χ0n) is 17.8. The van der Waals surface area contributed by atoms with Crippen LogP contribution in [0, 0.1) is 25.1 Å². The van der Waals surface area contributed by atoms with Crippen molar-refractivity contribution in [2.75, 3.05) is 13.1 Å². The number of fused-ring (bicyclic) bond motifs is 2. The summed E-state index contributed by atoms with van der Waals surface area (Å²) < 4.78 is 19.6. The molecule has 1 aromatic heterocycles. The van der Waals surface area contributed by atoms with Gasteiger partial charge in [0.1, 0.15) is 12.4 Å². The summed E-state index contributed by atoms with van der Waals surface area (Å²) in [5.74, 6) is 2.19. The lowest BCUT2D eigenvalue weighted by Crippen LogP contribution is -2.33. The van der Waals surface area contributed by atoms with Crippen molar-refractivity contribution in [1.82, 2.24) is 14.9 Å². The van der Waals surface area contributed by atoms with Gasteiger partial charge in [0.25, 0.3) is 0 Å². The van der Waals surface area contributed by atoms with Gasteiger partial charge in [-0.15, -0.1) is 6.42 Å². The number of carbonyl (C=O) groups excluding carboxylic acids is 1. The van der Waals surface area contributed by atoms with Gasteiger partial charge in [-0.05, 0) is 48.7 Å². The number of aromatic nitrogens is 2. The summed E-state index contributed by atoms with van der Waals surface area (Å²) in [4.78, 5) is 23.2. The summed E-state index contributed by atoms with van der Waals surface area (Å²) in [5, 5.41) is 0. The van der Waals surface area contributed by atoms with E-state index in [9.17, 15) is 9.18 Å². The van der Waals surface area contributed by atoms with Crippen molar-refractivity contribution in [3.63, 3.8) is 0 Å². The largest absolute Gasteiger partial charge is 0.457 e. The van der Waals surface area contributed by atoms with Crippen molar-refractivity contribution in [1.29, 1.82) is 0 Å². The fourth-order valence-corrected chi connectivity index (χ4v) is 4.43. The Kier molecular flexibility index (Phi) is 5.20. The topological polar surface area (TPSA) is 55.3 Å². The molecule has 5 nitrogen and oxygen atoms in total. The molecule has 3 heterocycles. The molecule has 0 unspecified atom stereocenters. The molecule has 0 fully saturated rings. The van der Waals surface area contributed by atoms with Gasteiger partial charge in [0.05, 0.1) is 16.8 Å². The van der Waals surface area contributed by atoms with E-state index in [0.29, 0.717) is 29.1 Å². The van der Waals surface area contributed by atoms with Crippen LogP contribution in [-0.2, 0) is 30.7 Å². The van der Waals surface area contributed by atoms with Gasteiger partial charge in [0, 0.05) is 48.9 Å². The third kappa shape index (κ3) is 3.65. The van der Waals surface area contributed by atoms with Crippen LogP contribution in [0.15, 0.2) is 36.5 Å². The maximum absolute atomic E-state index is 14.4. The summed E-state index contributed by atoms with van der Waals surface area (Å²) in [6.45, 7) is 4.98. The molecule has 0 saturated heterocycles. The van der Waals surface area contributed by atoms with Crippen LogP contribution in [0.5, 0.6) is 0 Å². The predicted octanol–water partition coefficient (Wildman–Crippen LogP) is 3.84. The zero-order chi connectivity index (χ0) is 22.2. The Morgan fingerprint density at radius 2 is 2.09 bits per heavy atom. The first kappa shape index (κ1) is 20.3. The molecule has 0 N–H and O–H groups in total. The number of halogens is 1. The number of hydrogen-bond donors (Lipinski definition) is 0. The van der Waals surface area contributed by atoms with E-state index in [1.54, 1.807) is 12.1 Å². The molecule has 5 rings (SSSR count). The summed E-state index contributed by atoms with van der Waals surface area (Å²) in [6, 6.07) is 8.59. The number of benzene rings is 2. The molecule has 0 aliphatic carbocycles. The molecular weight excluding hydrogens is 405 g/mol. The highest BCUT2D eigenvalue weighted by molar-refractivity contribution is 5.93. The molecule has 2 aliphatic rings. The summed E-state index contributed by atoms with van der Waals surface area (Å²) >= 11 is 0. The lowest BCUT2D eigenvalue weighted by atomic mass is 9.96. The number of carbonyl (C=O) groups is 1. The Balaban J connectivity index is 1.28. The van der Waals surface area contributed by atoms with Crippen LogP contribution in [0.4, 0.5) is 4.39 Å². The average Bonchev–Trinajstić information content (AvgIpc) is 3.19. The lowest BCUT2D eigenvalue weighted by Gasteiger charge is -2.28. The molecule has 2 aromatic carbocycles. The van der Waals surface area contributed by atoms with E-state index < -0.39 is 5.82 Å². The highest BCUT2D eigenvalue weighted by Crippen LogP contribution is 2.27. The van der Waals surface area contributed by atoms with Gasteiger partial charge in [-0.1, -0.05) is 12.0 Å². The maximum atomic E-state index is 14.4. The molecule has 0 bridgehead atoms. The zero-order valence-corrected chi connectivity index (χ0v) is 17.8. The van der Waals surface area contributed by atoms with Crippen LogP contribution in [0.25, 0.3) is 11.4 Å². The number of terminal acetylenes is 1. The van der Waals surface area contributed by atoms with E-state index in [-0.39, 0.29) is 5.97 Å². The Bertz CT molecular complexity index is 1280. The van der Waals surface area contributed by atoms with Gasteiger partial charge < -0.3 is 4.74 Å². The Labute approximate surface area is 186 Å². The predicted molar refractivity (Wildman–Crippen MR) is 118 cm³/mol. The second-order valence-electron chi connectivity index (χ2n) is 8.23. The third-order valence-electron chi connectivity index (χ3n) is 6.37. The second kappa shape index (κ2) is 8.18. The van der Waals surface area contributed by atoms with Crippen LogP contribution in [-0.4, -0.2) is 33.9 Å². The van der Waals surface area contributed by atoms with Crippen LogP contribution >= 0.6 is 0 Å². The van der Waals surface area contributed by atoms with Crippen molar-refractivity contribution in [3.8, 4) is 23.7 Å². The van der Waals surface area contributed by atoms with Crippen LogP contribution in [0.3, 0.4) is 0 Å². The normalized spacial score (nSPS) is 15.1. The van der Waals surface area contributed by atoms with Crippen LogP contribution in [0.1, 0.15) is 43.9 Å². The molecule has 3 aromatic rings. The Morgan fingerprint density at radius 1 is 1.25 bits per heavy atom. The molecule has 0 radical (unpaired) electrons. The number of esters is 1. The minimum atomic E-state index is -0.408. The number of hydrogen-bond acceptors (Lipinski definition) is 5. The van der Waals surface area contributed by atoms with E-state index in [1.807, 2.05) is 18.3 Å². The fraction of sp³-hybridized carbons (Fsp3) is 0.269.